The van der Waals surface area contributed by atoms with E-state index in [-0.39, 0.29) is 0 Å². The van der Waals surface area contributed by atoms with Gasteiger partial charge in [0.1, 0.15) is 5.75 Å². The Balaban J connectivity index is 2.35. The van der Waals surface area contributed by atoms with Gasteiger partial charge < -0.3 is 4.74 Å². The molecule has 0 spiro atoms. The van der Waals surface area contributed by atoms with Crippen LogP contribution in [-0.2, 0) is 0 Å². The summed E-state index contributed by atoms with van der Waals surface area (Å²) in [6.45, 7) is 0. The number of rotatable bonds is 2. The normalized spacial score (nSPS) is 10.6. The average Bonchev–Trinajstić information content (AvgIpc) is 2.47. The standard InChI is InChI=1S/C17H13BrO/c1-19-14-9-7-12-8-10-16(18)17(15(12)11-14)13-5-3-2-4-6-13/h2-11H,1H3. The maximum atomic E-state index is 5.34. The van der Waals surface area contributed by atoms with Gasteiger partial charge in [0.2, 0.25) is 0 Å². The Bertz CT molecular complexity index is 720. The molecule has 3 aromatic rings. The molecule has 0 bridgehead atoms. The summed E-state index contributed by atoms with van der Waals surface area (Å²) in [5.41, 5.74) is 2.41. The Morgan fingerprint density at radius 3 is 2.37 bits per heavy atom. The smallest absolute Gasteiger partial charge is 0.119 e. The molecule has 0 N–H and O–H groups in total. The van der Waals surface area contributed by atoms with Gasteiger partial charge >= 0.3 is 0 Å². The molecule has 0 aliphatic rings. The zero-order valence-corrected chi connectivity index (χ0v) is 12.1. The molecule has 0 radical (unpaired) electrons. The van der Waals surface area contributed by atoms with E-state index < -0.39 is 0 Å². The lowest BCUT2D eigenvalue weighted by molar-refractivity contribution is 0.415. The number of hydrogen-bond donors (Lipinski definition) is 0. The number of hydrogen-bond acceptors (Lipinski definition) is 1. The fourth-order valence-corrected chi connectivity index (χ4v) is 2.87. The summed E-state index contributed by atoms with van der Waals surface area (Å²) >= 11 is 3.66. The molecular formula is C17H13BrO. The van der Waals surface area contributed by atoms with E-state index in [1.807, 2.05) is 12.1 Å². The number of benzene rings is 3. The molecule has 0 saturated heterocycles. The molecule has 0 unspecified atom stereocenters. The number of methoxy groups -OCH3 is 1. The van der Waals surface area contributed by atoms with Crippen molar-refractivity contribution < 1.29 is 4.74 Å². The second-order valence-electron chi connectivity index (χ2n) is 4.38. The van der Waals surface area contributed by atoms with Crippen LogP contribution in [0.2, 0.25) is 0 Å². The van der Waals surface area contributed by atoms with Gasteiger partial charge in [-0.05, 0) is 34.5 Å². The van der Waals surface area contributed by atoms with Gasteiger partial charge in [-0.3, -0.25) is 0 Å². The van der Waals surface area contributed by atoms with Crippen molar-refractivity contribution in [3.63, 3.8) is 0 Å². The minimum Gasteiger partial charge on any atom is -0.497 e. The molecule has 0 aliphatic heterocycles. The fraction of sp³-hybridized carbons (Fsp3) is 0.0588. The Labute approximate surface area is 121 Å². The van der Waals surface area contributed by atoms with E-state index in [1.54, 1.807) is 7.11 Å². The topological polar surface area (TPSA) is 9.23 Å². The first kappa shape index (κ1) is 12.2. The third-order valence-electron chi connectivity index (χ3n) is 3.24. The lowest BCUT2D eigenvalue weighted by Crippen LogP contribution is -1.86. The van der Waals surface area contributed by atoms with Gasteiger partial charge in [-0.15, -0.1) is 0 Å². The molecule has 1 nitrogen and oxygen atoms in total. The zero-order valence-electron chi connectivity index (χ0n) is 10.6. The van der Waals surface area contributed by atoms with Gasteiger partial charge in [0, 0.05) is 10.0 Å². The largest absolute Gasteiger partial charge is 0.497 e. The second-order valence-corrected chi connectivity index (χ2v) is 5.23. The highest BCUT2D eigenvalue weighted by Crippen LogP contribution is 2.36. The van der Waals surface area contributed by atoms with Gasteiger partial charge in [0.15, 0.2) is 0 Å². The van der Waals surface area contributed by atoms with Crippen molar-refractivity contribution in [2.45, 2.75) is 0 Å². The van der Waals surface area contributed by atoms with E-state index in [2.05, 4.69) is 64.5 Å². The van der Waals surface area contributed by atoms with Crippen LogP contribution in [0.5, 0.6) is 5.75 Å². The van der Waals surface area contributed by atoms with Crippen LogP contribution in [0.4, 0.5) is 0 Å². The first-order valence-corrected chi connectivity index (χ1v) is 6.90. The Morgan fingerprint density at radius 2 is 1.63 bits per heavy atom. The van der Waals surface area contributed by atoms with E-state index in [4.69, 9.17) is 4.74 Å². The predicted molar refractivity (Wildman–Crippen MR) is 83.6 cm³/mol. The molecular weight excluding hydrogens is 300 g/mol. The van der Waals surface area contributed by atoms with Crippen LogP contribution in [0.3, 0.4) is 0 Å². The van der Waals surface area contributed by atoms with E-state index >= 15 is 0 Å². The molecule has 94 valence electrons. The lowest BCUT2D eigenvalue weighted by Gasteiger charge is -2.11. The van der Waals surface area contributed by atoms with Crippen molar-refractivity contribution in [2.24, 2.45) is 0 Å². The molecule has 0 heterocycles. The maximum absolute atomic E-state index is 5.34. The molecule has 3 aromatic carbocycles. The summed E-state index contributed by atoms with van der Waals surface area (Å²) in [6.07, 6.45) is 0. The van der Waals surface area contributed by atoms with E-state index in [9.17, 15) is 0 Å². The molecule has 0 amide bonds. The van der Waals surface area contributed by atoms with Crippen molar-refractivity contribution in [1.82, 2.24) is 0 Å². The zero-order chi connectivity index (χ0) is 13.2. The Hall–Kier alpha value is -1.80. The highest BCUT2D eigenvalue weighted by Gasteiger charge is 2.09. The quantitative estimate of drug-likeness (QED) is 0.625. The van der Waals surface area contributed by atoms with E-state index in [1.165, 1.54) is 21.9 Å². The van der Waals surface area contributed by atoms with Crippen LogP contribution in [0, 0.1) is 0 Å². The van der Waals surface area contributed by atoms with Gasteiger partial charge in [0.25, 0.3) is 0 Å². The van der Waals surface area contributed by atoms with Gasteiger partial charge in [-0.25, -0.2) is 0 Å². The van der Waals surface area contributed by atoms with Crippen LogP contribution in [0.15, 0.2) is 65.1 Å². The minimum atomic E-state index is 0.878. The van der Waals surface area contributed by atoms with Crippen molar-refractivity contribution in [3.05, 3.63) is 65.1 Å². The summed E-state index contributed by atoms with van der Waals surface area (Å²) in [5, 5.41) is 2.41. The molecule has 19 heavy (non-hydrogen) atoms. The second kappa shape index (κ2) is 5.06. The highest BCUT2D eigenvalue weighted by molar-refractivity contribution is 9.10. The van der Waals surface area contributed by atoms with Crippen molar-refractivity contribution in [1.29, 1.82) is 0 Å². The lowest BCUT2D eigenvalue weighted by atomic mass is 9.98. The minimum absolute atomic E-state index is 0.878. The number of fused-ring (bicyclic) bond motifs is 1. The van der Waals surface area contributed by atoms with E-state index in [0.717, 1.165) is 10.2 Å². The number of halogens is 1. The van der Waals surface area contributed by atoms with Crippen LogP contribution in [-0.4, -0.2) is 7.11 Å². The van der Waals surface area contributed by atoms with Crippen molar-refractivity contribution >= 4 is 26.7 Å². The molecule has 0 aromatic heterocycles. The average molecular weight is 313 g/mol. The summed E-state index contributed by atoms with van der Waals surface area (Å²) in [7, 11) is 1.70. The summed E-state index contributed by atoms with van der Waals surface area (Å²) in [4.78, 5) is 0. The first-order valence-electron chi connectivity index (χ1n) is 6.11. The van der Waals surface area contributed by atoms with E-state index in [0.29, 0.717) is 0 Å². The molecule has 0 saturated carbocycles. The Kier molecular flexibility index (Phi) is 3.26. The monoisotopic (exact) mass is 312 g/mol. The molecule has 0 aliphatic carbocycles. The highest BCUT2D eigenvalue weighted by atomic mass is 79.9. The van der Waals surface area contributed by atoms with Gasteiger partial charge in [-0.1, -0.05) is 58.4 Å². The third-order valence-corrected chi connectivity index (χ3v) is 3.90. The van der Waals surface area contributed by atoms with Crippen molar-refractivity contribution in [3.8, 4) is 16.9 Å². The van der Waals surface area contributed by atoms with Crippen LogP contribution in [0.25, 0.3) is 21.9 Å². The molecule has 2 heteroatoms. The predicted octanol–water partition coefficient (Wildman–Crippen LogP) is 5.28. The molecule has 3 rings (SSSR count). The third kappa shape index (κ3) is 2.24. The number of ether oxygens (including phenoxy) is 1. The van der Waals surface area contributed by atoms with Crippen LogP contribution >= 0.6 is 15.9 Å². The molecule has 0 atom stereocenters. The van der Waals surface area contributed by atoms with Crippen LogP contribution < -0.4 is 4.74 Å². The summed E-state index contributed by atoms with van der Waals surface area (Å²) in [5.74, 6) is 0.878. The first-order chi connectivity index (χ1) is 9.29. The fourth-order valence-electron chi connectivity index (χ4n) is 2.30. The summed E-state index contributed by atoms with van der Waals surface area (Å²) < 4.78 is 6.43. The van der Waals surface area contributed by atoms with Gasteiger partial charge in [-0.2, -0.15) is 0 Å². The van der Waals surface area contributed by atoms with Gasteiger partial charge in [0.05, 0.1) is 7.11 Å². The Morgan fingerprint density at radius 1 is 0.895 bits per heavy atom. The van der Waals surface area contributed by atoms with Crippen LogP contribution in [0.1, 0.15) is 0 Å². The SMILES string of the molecule is COc1ccc2ccc(Br)c(-c3ccccc3)c2c1. The summed E-state index contributed by atoms with van der Waals surface area (Å²) in [6, 6.07) is 20.8. The maximum Gasteiger partial charge on any atom is 0.119 e. The molecule has 0 fully saturated rings. The van der Waals surface area contributed by atoms with Crippen molar-refractivity contribution in [2.75, 3.05) is 7.11 Å².